The third-order valence-corrected chi connectivity index (χ3v) is 3.24. The molecule has 0 aliphatic heterocycles. The van der Waals surface area contributed by atoms with Crippen LogP contribution in [-0.2, 0) is 6.54 Å². The summed E-state index contributed by atoms with van der Waals surface area (Å²) in [4.78, 5) is 0. The van der Waals surface area contributed by atoms with Crippen LogP contribution in [0.2, 0.25) is 5.02 Å². The third-order valence-electron chi connectivity index (χ3n) is 2.96. The molecule has 1 aromatic carbocycles. The van der Waals surface area contributed by atoms with Gasteiger partial charge in [-0.1, -0.05) is 31.9 Å². The molecule has 0 heterocycles. The summed E-state index contributed by atoms with van der Waals surface area (Å²) in [5.74, 6) is 1.43. The smallest absolute Gasteiger partial charge is 0.179 e. The van der Waals surface area contributed by atoms with E-state index in [1.165, 1.54) is 18.4 Å². The zero-order valence-corrected chi connectivity index (χ0v) is 13.6. The predicted molar refractivity (Wildman–Crippen MR) is 83.8 cm³/mol. The zero-order chi connectivity index (χ0) is 14.8. The summed E-state index contributed by atoms with van der Waals surface area (Å²) < 4.78 is 11.4. The van der Waals surface area contributed by atoms with Crippen molar-refractivity contribution < 1.29 is 14.8 Å². The van der Waals surface area contributed by atoms with E-state index < -0.39 is 0 Å². The predicted octanol–water partition coefficient (Wildman–Crippen LogP) is 3.39. The van der Waals surface area contributed by atoms with Crippen LogP contribution in [0.3, 0.4) is 0 Å². The molecule has 0 saturated carbocycles. The molecule has 1 aromatic rings. The van der Waals surface area contributed by atoms with E-state index in [0.717, 1.165) is 25.3 Å². The Labute approximate surface area is 127 Å². The molecule has 1 rings (SSSR count). The van der Waals surface area contributed by atoms with Gasteiger partial charge in [-0.25, -0.2) is 0 Å². The SMILES string of the molecule is CCCC[NH2+]Cc1cc(Cl)c(OCCC)c(OCC)c1. The van der Waals surface area contributed by atoms with Crippen molar-refractivity contribution in [3.63, 3.8) is 0 Å². The minimum absolute atomic E-state index is 0.613. The van der Waals surface area contributed by atoms with Crippen LogP contribution >= 0.6 is 11.6 Å². The Balaban J connectivity index is 2.77. The highest BCUT2D eigenvalue weighted by Gasteiger charge is 2.13. The summed E-state index contributed by atoms with van der Waals surface area (Å²) in [6.45, 7) is 9.59. The molecule has 0 spiro atoms. The quantitative estimate of drug-likeness (QED) is 0.672. The summed E-state index contributed by atoms with van der Waals surface area (Å²) in [6.07, 6.45) is 3.42. The van der Waals surface area contributed by atoms with Crippen molar-refractivity contribution >= 4 is 11.6 Å². The first-order chi connectivity index (χ1) is 9.72. The van der Waals surface area contributed by atoms with Crippen molar-refractivity contribution in [1.29, 1.82) is 0 Å². The average molecular weight is 301 g/mol. The number of ether oxygens (including phenoxy) is 2. The highest BCUT2D eigenvalue weighted by molar-refractivity contribution is 6.32. The second-order valence-corrected chi connectivity index (χ2v) is 5.23. The van der Waals surface area contributed by atoms with Crippen molar-refractivity contribution in [2.24, 2.45) is 0 Å². The molecule has 114 valence electrons. The lowest BCUT2D eigenvalue weighted by Gasteiger charge is -2.14. The maximum absolute atomic E-state index is 6.33. The fourth-order valence-electron chi connectivity index (χ4n) is 1.96. The molecule has 3 nitrogen and oxygen atoms in total. The molecule has 0 bridgehead atoms. The van der Waals surface area contributed by atoms with Gasteiger partial charge in [-0.3, -0.25) is 0 Å². The van der Waals surface area contributed by atoms with Crippen molar-refractivity contribution in [2.75, 3.05) is 19.8 Å². The van der Waals surface area contributed by atoms with Gasteiger partial charge in [0.1, 0.15) is 6.54 Å². The molecule has 0 saturated heterocycles. The Morgan fingerprint density at radius 1 is 1.10 bits per heavy atom. The lowest BCUT2D eigenvalue weighted by atomic mass is 10.2. The van der Waals surface area contributed by atoms with Gasteiger partial charge in [-0.15, -0.1) is 0 Å². The topological polar surface area (TPSA) is 35.1 Å². The van der Waals surface area contributed by atoms with Crippen molar-refractivity contribution in [3.05, 3.63) is 22.7 Å². The highest BCUT2D eigenvalue weighted by atomic mass is 35.5. The molecule has 0 aliphatic rings. The Hall–Kier alpha value is -0.930. The van der Waals surface area contributed by atoms with E-state index in [1.807, 2.05) is 19.1 Å². The van der Waals surface area contributed by atoms with E-state index in [-0.39, 0.29) is 0 Å². The van der Waals surface area contributed by atoms with Crippen LogP contribution in [0.1, 0.15) is 45.6 Å². The summed E-state index contributed by atoms with van der Waals surface area (Å²) in [6, 6.07) is 4.03. The largest absolute Gasteiger partial charge is 0.490 e. The molecule has 0 aliphatic carbocycles. The highest BCUT2D eigenvalue weighted by Crippen LogP contribution is 2.36. The summed E-state index contributed by atoms with van der Waals surface area (Å²) >= 11 is 6.33. The average Bonchev–Trinajstić information content (AvgIpc) is 2.43. The van der Waals surface area contributed by atoms with Crippen molar-refractivity contribution in [2.45, 2.75) is 46.6 Å². The Kier molecular flexibility index (Phi) is 8.47. The fourth-order valence-corrected chi connectivity index (χ4v) is 2.25. The third kappa shape index (κ3) is 5.59. The van der Waals surface area contributed by atoms with Crippen LogP contribution in [0, 0.1) is 0 Å². The van der Waals surface area contributed by atoms with E-state index in [2.05, 4.69) is 19.2 Å². The number of hydrogen-bond donors (Lipinski definition) is 1. The van der Waals surface area contributed by atoms with Crippen LogP contribution < -0.4 is 14.8 Å². The first-order valence-corrected chi connectivity index (χ1v) is 8.00. The summed E-state index contributed by atoms with van der Waals surface area (Å²) in [5.41, 5.74) is 1.18. The molecular weight excluding hydrogens is 274 g/mol. The number of nitrogens with two attached hydrogens (primary N) is 1. The number of benzene rings is 1. The molecule has 4 heteroatoms. The van der Waals surface area contributed by atoms with E-state index >= 15 is 0 Å². The number of rotatable bonds is 10. The van der Waals surface area contributed by atoms with Crippen molar-refractivity contribution in [3.8, 4) is 11.5 Å². The van der Waals surface area contributed by atoms with Gasteiger partial charge in [-0.2, -0.15) is 0 Å². The number of halogens is 1. The number of quaternary nitrogens is 1. The zero-order valence-electron chi connectivity index (χ0n) is 12.9. The molecule has 0 unspecified atom stereocenters. The molecule has 0 fully saturated rings. The first-order valence-electron chi connectivity index (χ1n) is 7.62. The Bertz CT molecular complexity index is 396. The van der Waals surface area contributed by atoms with Crippen molar-refractivity contribution in [1.82, 2.24) is 0 Å². The van der Waals surface area contributed by atoms with E-state index in [0.29, 0.717) is 24.0 Å². The summed E-state index contributed by atoms with van der Waals surface area (Å²) in [5, 5.41) is 2.94. The standard InChI is InChI=1S/C16H26ClNO2/c1-4-7-8-18-12-13-10-14(17)16(20-9-5-2)15(11-13)19-6-3/h10-11,18H,4-9,12H2,1-3H3/p+1. The number of unbranched alkanes of at least 4 members (excludes halogenated alkanes) is 1. The minimum Gasteiger partial charge on any atom is -0.490 e. The van der Waals surface area contributed by atoms with Gasteiger partial charge in [0, 0.05) is 5.56 Å². The fraction of sp³-hybridized carbons (Fsp3) is 0.625. The second kappa shape index (κ2) is 9.89. The van der Waals surface area contributed by atoms with E-state index in [9.17, 15) is 0 Å². The maximum atomic E-state index is 6.33. The Morgan fingerprint density at radius 2 is 1.90 bits per heavy atom. The normalized spacial score (nSPS) is 10.6. The van der Waals surface area contributed by atoms with Gasteiger partial charge < -0.3 is 14.8 Å². The van der Waals surface area contributed by atoms with Crippen LogP contribution in [0.15, 0.2) is 12.1 Å². The summed E-state index contributed by atoms with van der Waals surface area (Å²) in [7, 11) is 0. The lowest BCUT2D eigenvalue weighted by Crippen LogP contribution is -2.82. The van der Waals surface area contributed by atoms with Gasteiger partial charge >= 0.3 is 0 Å². The van der Waals surface area contributed by atoms with Gasteiger partial charge in [0.15, 0.2) is 11.5 Å². The van der Waals surface area contributed by atoms with Gasteiger partial charge in [0.05, 0.1) is 24.8 Å². The minimum atomic E-state index is 0.613. The molecule has 0 atom stereocenters. The van der Waals surface area contributed by atoms with E-state index in [1.54, 1.807) is 0 Å². The van der Waals surface area contributed by atoms with Gasteiger partial charge in [0.25, 0.3) is 0 Å². The molecule has 0 radical (unpaired) electrons. The van der Waals surface area contributed by atoms with Crippen LogP contribution in [0.4, 0.5) is 0 Å². The van der Waals surface area contributed by atoms with Gasteiger partial charge in [0.2, 0.25) is 0 Å². The molecule has 0 aromatic heterocycles. The number of hydrogen-bond acceptors (Lipinski definition) is 2. The Morgan fingerprint density at radius 3 is 2.55 bits per heavy atom. The maximum Gasteiger partial charge on any atom is 0.179 e. The van der Waals surface area contributed by atoms with Crippen LogP contribution in [0.25, 0.3) is 0 Å². The lowest BCUT2D eigenvalue weighted by molar-refractivity contribution is -0.670. The van der Waals surface area contributed by atoms with Gasteiger partial charge in [-0.05, 0) is 31.9 Å². The molecular formula is C16H27ClNO2+. The van der Waals surface area contributed by atoms with Crippen LogP contribution in [-0.4, -0.2) is 19.8 Å². The second-order valence-electron chi connectivity index (χ2n) is 4.82. The molecule has 2 N–H and O–H groups in total. The molecule has 0 amide bonds. The van der Waals surface area contributed by atoms with E-state index in [4.69, 9.17) is 21.1 Å². The van der Waals surface area contributed by atoms with Crippen LogP contribution in [0.5, 0.6) is 11.5 Å². The molecule has 20 heavy (non-hydrogen) atoms. The monoisotopic (exact) mass is 300 g/mol. The first kappa shape index (κ1) is 17.1.